The Morgan fingerprint density at radius 3 is 2.50 bits per heavy atom. The fourth-order valence-corrected chi connectivity index (χ4v) is 2.09. The van der Waals surface area contributed by atoms with Crippen molar-refractivity contribution in [2.75, 3.05) is 0 Å². The number of benzene rings is 1. The Morgan fingerprint density at radius 2 is 1.94 bits per heavy atom. The monoisotopic (exact) mass is 245 g/mol. The number of nitrogens with one attached hydrogen (secondary N) is 1. The Kier molecular flexibility index (Phi) is 2.73. The normalized spacial score (nSPS) is 11.7. The van der Waals surface area contributed by atoms with Gasteiger partial charge in [-0.15, -0.1) is 0 Å². The molecule has 1 aromatic carbocycles. The van der Waals surface area contributed by atoms with E-state index < -0.39 is 5.97 Å². The molecule has 1 aromatic heterocycles. The van der Waals surface area contributed by atoms with E-state index in [-0.39, 0.29) is 16.5 Å². The van der Waals surface area contributed by atoms with Crippen molar-refractivity contribution in [2.45, 2.75) is 26.2 Å². The number of hydrogen-bond donors (Lipinski definition) is 2. The average Bonchev–Trinajstić information content (AvgIpc) is 2.27. The lowest BCUT2D eigenvalue weighted by molar-refractivity contribution is 0.0699. The van der Waals surface area contributed by atoms with E-state index in [2.05, 4.69) is 4.98 Å². The molecule has 0 atom stereocenters. The maximum Gasteiger partial charge on any atom is 0.336 e. The van der Waals surface area contributed by atoms with Crippen LogP contribution >= 0.6 is 0 Å². The summed E-state index contributed by atoms with van der Waals surface area (Å²) in [5, 5.41) is 10.2. The lowest BCUT2D eigenvalue weighted by atomic mass is 9.83. The van der Waals surface area contributed by atoms with Crippen LogP contribution in [0.25, 0.3) is 10.8 Å². The van der Waals surface area contributed by atoms with E-state index in [1.54, 1.807) is 18.3 Å². The number of aromatic carboxylic acids is 1. The van der Waals surface area contributed by atoms with Crippen LogP contribution in [-0.4, -0.2) is 16.1 Å². The molecule has 0 aliphatic carbocycles. The highest BCUT2D eigenvalue weighted by Gasteiger charge is 2.21. The number of carboxylic acids is 1. The number of H-pyrrole nitrogens is 1. The van der Waals surface area contributed by atoms with Crippen molar-refractivity contribution in [3.8, 4) is 0 Å². The van der Waals surface area contributed by atoms with Crippen LogP contribution in [0.4, 0.5) is 0 Å². The van der Waals surface area contributed by atoms with Crippen molar-refractivity contribution in [2.24, 2.45) is 0 Å². The summed E-state index contributed by atoms with van der Waals surface area (Å²) in [5.41, 5.74) is 0.494. The molecule has 0 bridgehead atoms. The molecule has 1 heterocycles. The van der Waals surface area contributed by atoms with Crippen molar-refractivity contribution in [1.29, 1.82) is 0 Å². The Labute approximate surface area is 104 Å². The Morgan fingerprint density at radius 1 is 1.28 bits per heavy atom. The molecule has 0 saturated carbocycles. The van der Waals surface area contributed by atoms with Gasteiger partial charge in [0.05, 0.1) is 5.56 Å². The van der Waals surface area contributed by atoms with Crippen molar-refractivity contribution in [1.82, 2.24) is 4.98 Å². The third-order valence-electron chi connectivity index (χ3n) is 2.96. The van der Waals surface area contributed by atoms with Crippen molar-refractivity contribution < 1.29 is 9.90 Å². The third-order valence-corrected chi connectivity index (χ3v) is 2.96. The van der Waals surface area contributed by atoms with Crippen LogP contribution in [0.5, 0.6) is 0 Å². The molecule has 0 amide bonds. The summed E-state index contributed by atoms with van der Waals surface area (Å²) in [7, 11) is 0. The summed E-state index contributed by atoms with van der Waals surface area (Å²) in [6.07, 6.45) is 1.61. The lowest BCUT2D eigenvalue weighted by Crippen LogP contribution is -2.18. The molecule has 4 heteroatoms. The number of carboxylic acid groups (broad SMARTS) is 1. The van der Waals surface area contributed by atoms with E-state index >= 15 is 0 Å². The van der Waals surface area contributed by atoms with Crippen molar-refractivity contribution >= 4 is 16.7 Å². The minimum atomic E-state index is -1.02. The quantitative estimate of drug-likeness (QED) is 0.811. The second-order valence-corrected chi connectivity index (χ2v) is 5.31. The van der Waals surface area contributed by atoms with Gasteiger partial charge >= 0.3 is 5.97 Å². The van der Waals surface area contributed by atoms with Crippen molar-refractivity contribution in [3.05, 3.63) is 45.9 Å². The number of fused-ring (bicyclic) bond motifs is 1. The molecular formula is C14H15NO3. The summed E-state index contributed by atoms with van der Waals surface area (Å²) in [6, 6.07) is 4.77. The van der Waals surface area contributed by atoms with Crippen LogP contribution in [0, 0.1) is 0 Å². The fourth-order valence-electron chi connectivity index (χ4n) is 2.09. The highest BCUT2D eigenvalue weighted by Crippen LogP contribution is 2.30. The van der Waals surface area contributed by atoms with Crippen LogP contribution in [0.1, 0.15) is 36.7 Å². The number of hydrogen-bond acceptors (Lipinski definition) is 2. The molecule has 0 aliphatic rings. The second kappa shape index (κ2) is 3.98. The minimum Gasteiger partial charge on any atom is -0.478 e. The molecule has 0 saturated heterocycles. The highest BCUT2D eigenvalue weighted by atomic mass is 16.4. The predicted octanol–water partition coefficient (Wildman–Crippen LogP) is 2.52. The van der Waals surface area contributed by atoms with Gasteiger partial charge in [0.15, 0.2) is 0 Å². The van der Waals surface area contributed by atoms with Gasteiger partial charge in [-0.2, -0.15) is 0 Å². The molecule has 18 heavy (non-hydrogen) atoms. The summed E-state index contributed by atoms with van der Waals surface area (Å²) in [5.74, 6) is -1.02. The minimum absolute atomic E-state index is 0.170. The maximum absolute atomic E-state index is 11.8. The van der Waals surface area contributed by atoms with Crippen LogP contribution in [0.3, 0.4) is 0 Å². The van der Waals surface area contributed by atoms with Gasteiger partial charge in [0, 0.05) is 17.0 Å². The van der Waals surface area contributed by atoms with Crippen molar-refractivity contribution in [3.63, 3.8) is 0 Å². The van der Waals surface area contributed by atoms with E-state index in [9.17, 15) is 14.7 Å². The molecule has 0 aliphatic heterocycles. The Hall–Kier alpha value is -2.10. The molecule has 0 radical (unpaired) electrons. The van der Waals surface area contributed by atoms with Crippen LogP contribution in [-0.2, 0) is 5.41 Å². The lowest BCUT2D eigenvalue weighted by Gasteiger charge is -2.21. The van der Waals surface area contributed by atoms with Crippen LogP contribution in [0.2, 0.25) is 0 Å². The molecule has 94 valence electrons. The summed E-state index contributed by atoms with van der Waals surface area (Å²) in [4.78, 5) is 25.7. The molecule has 0 fully saturated rings. The molecule has 2 aromatic rings. The van der Waals surface area contributed by atoms with Gasteiger partial charge in [-0.3, -0.25) is 4.79 Å². The Bertz CT molecular complexity index is 677. The number of rotatable bonds is 1. The first-order chi connectivity index (χ1) is 8.32. The van der Waals surface area contributed by atoms with Gasteiger partial charge in [-0.25, -0.2) is 4.79 Å². The molecule has 0 unspecified atom stereocenters. The first kappa shape index (κ1) is 12.4. The molecule has 2 N–H and O–H groups in total. The topological polar surface area (TPSA) is 70.2 Å². The smallest absolute Gasteiger partial charge is 0.336 e. The van der Waals surface area contributed by atoms with E-state index in [4.69, 9.17) is 0 Å². The van der Waals surface area contributed by atoms with Crippen LogP contribution < -0.4 is 5.56 Å². The van der Waals surface area contributed by atoms with E-state index in [0.717, 1.165) is 5.56 Å². The highest BCUT2D eigenvalue weighted by molar-refractivity contribution is 6.05. The summed E-state index contributed by atoms with van der Waals surface area (Å²) in [6.45, 7) is 5.95. The second-order valence-electron chi connectivity index (χ2n) is 5.31. The van der Waals surface area contributed by atoms with Gasteiger partial charge in [0.2, 0.25) is 0 Å². The van der Waals surface area contributed by atoms with Gasteiger partial charge in [0.25, 0.3) is 5.56 Å². The van der Waals surface area contributed by atoms with Gasteiger partial charge in [-0.05, 0) is 23.1 Å². The zero-order valence-corrected chi connectivity index (χ0v) is 10.6. The summed E-state index contributed by atoms with van der Waals surface area (Å²) >= 11 is 0. The zero-order chi connectivity index (χ0) is 13.5. The van der Waals surface area contributed by atoms with Gasteiger partial charge in [0.1, 0.15) is 0 Å². The number of aromatic nitrogens is 1. The van der Waals surface area contributed by atoms with E-state index in [1.165, 1.54) is 6.07 Å². The third kappa shape index (κ3) is 1.90. The zero-order valence-electron chi connectivity index (χ0n) is 10.6. The first-order valence-corrected chi connectivity index (χ1v) is 5.70. The fraction of sp³-hybridized carbons (Fsp3) is 0.286. The van der Waals surface area contributed by atoms with Crippen LogP contribution in [0.15, 0.2) is 29.2 Å². The van der Waals surface area contributed by atoms with Gasteiger partial charge < -0.3 is 10.1 Å². The average molecular weight is 245 g/mol. The molecule has 0 spiro atoms. The maximum atomic E-state index is 11.8. The number of pyridine rings is 1. The predicted molar refractivity (Wildman–Crippen MR) is 70.2 cm³/mol. The van der Waals surface area contributed by atoms with Gasteiger partial charge in [-0.1, -0.05) is 26.8 Å². The SMILES string of the molecule is CC(C)(C)c1c[nH]c(=O)c2cccc(C(=O)O)c12. The molecule has 4 nitrogen and oxygen atoms in total. The van der Waals surface area contributed by atoms with E-state index in [1.807, 2.05) is 20.8 Å². The first-order valence-electron chi connectivity index (χ1n) is 5.70. The standard InChI is InChI=1S/C14H15NO3/c1-14(2,3)10-7-15-12(16)8-5-4-6-9(11(8)10)13(17)18/h4-7H,1-3H3,(H,15,16)(H,17,18). The van der Waals surface area contributed by atoms with E-state index in [0.29, 0.717) is 10.8 Å². The molecule has 2 rings (SSSR count). The number of carbonyl (C=O) groups is 1. The number of aromatic amines is 1. The molecular weight excluding hydrogens is 230 g/mol. The summed E-state index contributed by atoms with van der Waals surface area (Å²) < 4.78 is 0. The largest absolute Gasteiger partial charge is 0.478 e. The Balaban J connectivity index is 3.02.